The molecule has 0 bridgehead atoms. The maximum atomic E-state index is 6.18. The van der Waals surface area contributed by atoms with Crippen molar-refractivity contribution in [2.45, 2.75) is 44.6 Å². The first kappa shape index (κ1) is 11.7. The van der Waals surface area contributed by atoms with E-state index in [4.69, 9.17) is 10.7 Å². The normalized spacial score (nSPS) is 32.8. The zero-order valence-corrected chi connectivity index (χ0v) is 11.3. The van der Waals surface area contributed by atoms with Crippen molar-refractivity contribution in [2.75, 3.05) is 24.6 Å². The molecule has 1 spiro atoms. The molecule has 3 rings (SSSR count). The van der Waals surface area contributed by atoms with Gasteiger partial charge < -0.3 is 10.6 Å². The van der Waals surface area contributed by atoms with Gasteiger partial charge in [0.25, 0.3) is 0 Å². The molecule has 96 valence electrons. The van der Waals surface area contributed by atoms with Gasteiger partial charge in [-0.15, -0.1) is 0 Å². The first-order valence-electron chi connectivity index (χ1n) is 6.96. The van der Waals surface area contributed by atoms with Crippen LogP contribution in [0.4, 0.5) is 0 Å². The van der Waals surface area contributed by atoms with E-state index in [9.17, 15) is 0 Å². The lowest BCUT2D eigenvalue weighted by Crippen LogP contribution is -2.47. The quantitative estimate of drug-likeness (QED) is 0.574. The van der Waals surface area contributed by atoms with Crippen molar-refractivity contribution in [2.24, 2.45) is 16.1 Å². The van der Waals surface area contributed by atoms with E-state index >= 15 is 0 Å². The smallest absolute Gasteiger partial charge is 0.191 e. The van der Waals surface area contributed by atoms with E-state index in [2.05, 4.69) is 4.90 Å². The minimum atomic E-state index is 0.541. The Morgan fingerprint density at radius 1 is 1.18 bits per heavy atom. The summed E-state index contributed by atoms with van der Waals surface area (Å²) in [5.74, 6) is 3.22. The fourth-order valence-electron chi connectivity index (χ4n) is 3.58. The Hall–Kier alpha value is -0.380. The fourth-order valence-corrected chi connectivity index (χ4v) is 4.48. The Labute approximate surface area is 108 Å². The number of nitrogens with zero attached hydrogens (tertiary/aromatic N) is 2. The van der Waals surface area contributed by atoms with Gasteiger partial charge in [-0.05, 0) is 31.1 Å². The molecule has 2 saturated carbocycles. The van der Waals surface area contributed by atoms with Crippen LogP contribution >= 0.6 is 11.8 Å². The summed E-state index contributed by atoms with van der Waals surface area (Å²) in [6, 6.07) is 0.541. The lowest BCUT2D eigenvalue weighted by Gasteiger charge is -2.45. The van der Waals surface area contributed by atoms with Crippen molar-refractivity contribution in [3.63, 3.8) is 0 Å². The van der Waals surface area contributed by atoms with Crippen molar-refractivity contribution in [3.05, 3.63) is 0 Å². The standard InChI is InChI=1S/C13H23N3S/c14-12(16-7-9-17-10-8-16)15-11-3-6-13(11)4-1-2-5-13/h11H,1-10H2,(H2,14,15). The first-order valence-corrected chi connectivity index (χ1v) is 8.12. The minimum absolute atomic E-state index is 0.541. The predicted molar refractivity (Wildman–Crippen MR) is 74.4 cm³/mol. The SMILES string of the molecule is NC(=NC1CCC12CCCC2)N1CCSCC1. The molecule has 1 unspecified atom stereocenters. The van der Waals surface area contributed by atoms with Crippen molar-refractivity contribution in [1.82, 2.24) is 4.90 Å². The molecular formula is C13H23N3S. The zero-order chi connectivity index (χ0) is 11.7. The summed E-state index contributed by atoms with van der Waals surface area (Å²) < 4.78 is 0. The number of thioether (sulfide) groups is 1. The Balaban J connectivity index is 1.64. The van der Waals surface area contributed by atoms with Crippen molar-refractivity contribution < 1.29 is 0 Å². The van der Waals surface area contributed by atoms with Gasteiger partial charge in [0.2, 0.25) is 0 Å². The summed E-state index contributed by atoms with van der Waals surface area (Å²) >= 11 is 2.02. The molecule has 4 heteroatoms. The summed E-state index contributed by atoms with van der Waals surface area (Å²) in [5, 5.41) is 0. The molecule has 3 aliphatic rings. The molecule has 1 heterocycles. The van der Waals surface area contributed by atoms with Gasteiger partial charge in [-0.1, -0.05) is 12.8 Å². The highest BCUT2D eigenvalue weighted by Gasteiger charge is 2.48. The van der Waals surface area contributed by atoms with Crippen molar-refractivity contribution in [1.29, 1.82) is 0 Å². The highest BCUT2D eigenvalue weighted by Crippen LogP contribution is 2.54. The number of aliphatic imine (C=N–C) groups is 1. The average molecular weight is 253 g/mol. The van der Waals surface area contributed by atoms with Crippen LogP contribution in [0.5, 0.6) is 0 Å². The number of hydrogen-bond donors (Lipinski definition) is 1. The van der Waals surface area contributed by atoms with E-state index in [-0.39, 0.29) is 0 Å². The molecule has 0 aromatic heterocycles. The van der Waals surface area contributed by atoms with Crippen LogP contribution in [0, 0.1) is 5.41 Å². The van der Waals surface area contributed by atoms with Crippen LogP contribution in [0.25, 0.3) is 0 Å². The summed E-state index contributed by atoms with van der Waals surface area (Å²) in [5.41, 5.74) is 6.74. The molecule has 0 amide bonds. The third kappa shape index (κ3) is 2.16. The fraction of sp³-hybridized carbons (Fsp3) is 0.923. The molecular weight excluding hydrogens is 230 g/mol. The molecule has 1 atom stereocenters. The molecule has 3 fully saturated rings. The van der Waals surface area contributed by atoms with Crippen LogP contribution < -0.4 is 5.73 Å². The van der Waals surface area contributed by atoms with Crippen LogP contribution in [0.15, 0.2) is 4.99 Å². The molecule has 0 aromatic rings. The summed E-state index contributed by atoms with van der Waals surface area (Å²) in [4.78, 5) is 7.13. The Kier molecular flexibility index (Phi) is 3.24. The van der Waals surface area contributed by atoms with Gasteiger partial charge in [-0.3, -0.25) is 0 Å². The maximum Gasteiger partial charge on any atom is 0.191 e. The second kappa shape index (κ2) is 4.71. The van der Waals surface area contributed by atoms with Gasteiger partial charge in [0, 0.05) is 24.6 Å². The Morgan fingerprint density at radius 3 is 2.47 bits per heavy atom. The third-order valence-electron chi connectivity index (χ3n) is 4.85. The molecule has 3 nitrogen and oxygen atoms in total. The molecule has 2 N–H and O–H groups in total. The van der Waals surface area contributed by atoms with E-state index in [1.165, 1.54) is 50.0 Å². The summed E-state index contributed by atoms with van der Waals surface area (Å²) in [6.45, 7) is 2.17. The molecule has 1 aliphatic heterocycles. The number of guanidine groups is 1. The van der Waals surface area contributed by atoms with Crippen LogP contribution in [0.2, 0.25) is 0 Å². The maximum absolute atomic E-state index is 6.18. The lowest BCUT2D eigenvalue weighted by molar-refractivity contribution is 0.103. The van der Waals surface area contributed by atoms with Gasteiger partial charge >= 0.3 is 0 Å². The van der Waals surface area contributed by atoms with E-state index < -0.39 is 0 Å². The zero-order valence-electron chi connectivity index (χ0n) is 10.5. The van der Waals surface area contributed by atoms with E-state index in [0.29, 0.717) is 11.5 Å². The van der Waals surface area contributed by atoms with Gasteiger partial charge in [-0.2, -0.15) is 11.8 Å². The lowest BCUT2D eigenvalue weighted by atomic mass is 9.63. The largest absolute Gasteiger partial charge is 0.370 e. The van der Waals surface area contributed by atoms with Gasteiger partial charge in [-0.25, -0.2) is 4.99 Å². The van der Waals surface area contributed by atoms with Gasteiger partial charge in [0.1, 0.15) is 0 Å². The van der Waals surface area contributed by atoms with Crippen LogP contribution in [-0.2, 0) is 0 Å². The highest BCUT2D eigenvalue weighted by atomic mass is 32.2. The highest BCUT2D eigenvalue weighted by molar-refractivity contribution is 7.99. The number of nitrogens with two attached hydrogens (primary N) is 1. The third-order valence-corrected chi connectivity index (χ3v) is 5.79. The average Bonchev–Trinajstić information content (AvgIpc) is 2.87. The van der Waals surface area contributed by atoms with Crippen LogP contribution in [0.1, 0.15) is 38.5 Å². The molecule has 17 heavy (non-hydrogen) atoms. The summed E-state index contributed by atoms with van der Waals surface area (Å²) in [6.07, 6.45) is 8.26. The van der Waals surface area contributed by atoms with Gasteiger partial charge in [0.15, 0.2) is 5.96 Å². The molecule has 0 radical (unpaired) electrons. The predicted octanol–water partition coefficient (Wildman–Crippen LogP) is 2.07. The van der Waals surface area contributed by atoms with E-state index in [0.717, 1.165) is 19.0 Å². The molecule has 1 saturated heterocycles. The Morgan fingerprint density at radius 2 is 1.88 bits per heavy atom. The molecule has 2 aliphatic carbocycles. The van der Waals surface area contributed by atoms with Crippen molar-refractivity contribution in [3.8, 4) is 0 Å². The monoisotopic (exact) mass is 253 g/mol. The summed E-state index contributed by atoms with van der Waals surface area (Å²) in [7, 11) is 0. The second-order valence-corrected chi connectivity index (χ2v) is 6.94. The van der Waals surface area contributed by atoms with Crippen LogP contribution in [-0.4, -0.2) is 41.5 Å². The molecule has 0 aromatic carbocycles. The number of rotatable bonds is 1. The second-order valence-electron chi connectivity index (χ2n) is 5.71. The van der Waals surface area contributed by atoms with Crippen LogP contribution in [0.3, 0.4) is 0 Å². The Bertz CT molecular complexity index is 304. The topological polar surface area (TPSA) is 41.6 Å². The number of hydrogen-bond acceptors (Lipinski definition) is 2. The van der Waals surface area contributed by atoms with Crippen molar-refractivity contribution >= 4 is 17.7 Å². The van der Waals surface area contributed by atoms with E-state index in [1.54, 1.807) is 0 Å². The van der Waals surface area contributed by atoms with Gasteiger partial charge in [0.05, 0.1) is 6.04 Å². The minimum Gasteiger partial charge on any atom is -0.370 e. The van der Waals surface area contributed by atoms with E-state index in [1.807, 2.05) is 11.8 Å². The first-order chi connectivity index (χ1) is 8.30.